The highest BCUT2D eigenvalue weighted by Crippen LogP contribution is 2.26. The summed E-state index contributed by atoms with van der Waals surface area (Å²) in [4.78, 5) is 19.2. The topological polar surface area (TPSA) is 38.1 Å². The first-order valence-electron chi connectivity index (χ1n) is 10.6. The maximum atomic E-state index is 12.5. The lowest BCUT2D eigenvalue weighted by Gasteiger charge is -2.30. The average Bonchev–Trinajstić information content (AvgIpc) is 3.42. The molecule has 1 aromatic heterocycles. The summed E-state index contributed by atoms with van der Waals surface area (Å²) in [5, 5.41) is 0. The molecule has 1 saturated carbocycles. The minimum atomic E-state index is 0.232. The van der Waals surface area contributed by atoms with E-state index in [1.165, 1.54) is 32.2 Å². The smallest absolute Gasteiger partial charge is 0.162 e. The van der Waals surface area contributed by atoms with Gasteiger partial charge in [-0.1, -0.05) is 18.9 Å². The van der Waals surface area contributed by atoms with Gasteiger partial charge in [-0.3, -0.25) is 9.69 Å². The number of carbonyl (C=O) groups excluding carboxylic acids is 1. The number of Topliss-reactive ketones (excluding diaryl/α,β-unsaturated/α-hetero) is 1. The van der Waals surface area contributed by atoms with Gasteiger partial charge in [-0.15, -0.1) is 6.58 Å². The molecule has 0 radical (unpaired) electrons. The van der Waals surface area contributed by atoms with E-state index in [1.54, 1.807) is 12.5 Å². The first-order chi connectivity index (χ1) is 13.7. The minimum Gasteiger partial charge on any atom is -0.306 e. The number of hydrogen-bond acceptors (Lipinski definition) is 3. The van der Waals surface area contributed by atoms with E-state index in [1.807, 2.05) is 41.1 Å². The molecule has 1 fully saturated rings. The number of carbonyl (C=O) groups is 1. The van der Waals surface area contributed by atoms with Crippen LogP contribution < -0.4 is 0 Å². The highest BCUT2D eigenvalue weighted by molar-refractivity contribution is 5.96. The molecule has 0 aliphatic heterocycles. The Bertz CT molecular complexity index is 730. The van der Waals surface area contributed by atoms with Crippen molar-refractivity contribution in [3.63, 3.8) is 0 Å². The zero-order valence-electron chi connectivity index (χ0n) is 17.1. The third-order valence-corrected chi connectivity index (χ3v) is 5.97. The van der Waals surface area contributed by atoms with Gasteiger partial charge in [-0.05, 0) is 62.8 Å². The normalized spacial score (nSPS) is 15.8. The molecule has 28 heavy (non-hydrogen) atoms. The average molecular weight is 380 g/mol. The molecular formula is C24H33N3O. The predicted molar refractivity (Wildman–Crippen MR) is 115 cm³/mol. The van der Waals surface area contributed by atoms with E-state index in [2.05, 4.69) is 23.4 Å². The van der Waals surface area contributed by atoms with Crippen LogP contribution in [-0.4, -0.2) is 39.4 Å². The predicted octanol–water partition coefficient (Wildman–Crippen LogP) is 5.29. The van der Waals surface area contributed by atoms with E-state index in [0.717, 1.165) is 36.6 Å². The van der Waals surface area contributed by atoms with E-state index in [0.29, 0.717) is 12.5 Å². The maximum absolute atomic E-state index is 12.5. The number of hydrogen-bond donors (Lipinski definition) is 0. The van der Waals surface area contributed by atoms with Gasteiger partial charge in [0.15, 0.2) is 5.78 Å². The van der Waals surface area contributed by atoms with E-state index in [9.17, 15) is 4.79 Å². The van der Waals surface area contributed by atoms with Gasteiger partial charge in [0.2, 0.25) is 0 Å². The second kappa shape index (κ2) is 10.4. The Morgan fingerprint density at radius 1 is 1.32 bits per heavy atom. The lowest BCUT2D eigenvalue weighted by molar-refractivity contribution is 0.0974. The highest BCUT2D eigenvalue weighted by Gasteiger charge is 2.21. The first-order valence-corrected chi connectivity index (χ1v) is 10.6. The maximum Gasteiger partial charge on any atom is 0.162 e. The number of nitrogens with zero attached hydrogens (tertiary/aromatic N) is 3. The number of ketones is 1. The van der Waals surface area contributed by atoms with Crippen molar-refractivity contribution < 1.29 is 4.79 Å². The summed E-state index contributed by atoms with van der Waals surface area (Å²) in [6, 6.07) is 8.29. The third-order valence-electron chi connectivity index (χ3n) is 5.97. The molecule has 1 aliphatic carbocycles. The Kier molecular flexibility index (Phi) is 7.61. The summed E-state index contributed by atoms with van der Waals surface area (Å²) in [6.45, 7) is 8.35. The van der Waals surface area contributed by atoms with E-state index in [4.69, 9.17) is 0 Å². The van der Waals surface area contributed by atoms with Gasteiger partial charge in [0.05, 0.1) is 6.33 Å². The van der Waals surface area contributed by atoms with Crippen LogP contribution in [-0.2, 0) is 0 Å². The second-order valence-electron chi connectivity index (χ2n) is 8.07. The zero-order valence-corrected chi connectivity index (χ0v) is 17.1. The molecule has 0 spiro atoms. The molecule has 0 saturated heterocycles. The largest absolute Gasteiger partial charge is 0.306 e. The van der Waals surface area contributed by atoms with E-state index in [-0.39, 0.29) is 5.78 Å². The Morgan fingerprint density at radius 2 is 2.07 bits per heavy atom. The van der Waals surface area contributed by atoms with Crippen molar-refractivity contribution in [2.24, 2.45) is 5.92 Å². The fraction of sp³-hybridized carbons (Fsp3) is 0.500. The molecule has 1 unspecified atom stereocenters. The summed E-state index contributed by atoms with van der Waals surface area (Å²) in [5.74, 6) is 1.08. The fourth-order valence-electron chi connectivity index (χ4n) is 4.24. The van der Waals surface area contributed by atoms with E-state index < -0.39 is 0 Å². The van der Waals surface area contributed by atoms with Crippen molar-refractivity contribution >= 4 is 5.78 Å². The molecular weight excluding hydrogens is 346 g/mol. The lowest BCUT2D eigenvalue weighted by atomic mass is 10.0. The van der Waals surface area contributed by atoms with Gasteiger partial charge in [0.1, 0.15) is 0 Å². The van der Waals surface area contributed by atoms with Gasteiger partial charge in [-0.2, -0.15) is 0 Å². The number of benzene rings is 1. The van der Waals surface area contributed by atoms with Gasteiger partial charge < -0.3 is 4.57 Å². The molecule has 1 heterocycles. The Balaban J connectivity index is 1.46. The highest BCUT2D eigenvalue weighted by atomic mass is 16.1. The second-order valence-corrected chi connectivity index (χ2v) is 8.07. The summed E-state index contributed by atoms with van der Waals surface area (Å²) in [6.07, 6.45) is 15.5. The van der Waals surface area contributed by atoms with Gasteiger partial charge in [0, 0.05) is 49.2 Å². The van der Waals surface area contributed by atoms with Gasteiger partial charge >= 0.3 is 0 Å². The Hall–Kier alpha value is -2.20. The summed E-state index contributed by atoms with van der Waals surface area (Å²) in [7, 11) is 0. The Morgan fingerprint density at radius 3 is 2.71 bits per heavy atom. The van der Waals surface area contributed by atoms with E-state index >= 15 is 0 Å². The van der Waals surface area contributed by atoms with Crippen molar-refractivity contribution in [3.8, 4) is 5.69 Å². The molecule has 2 aromatic rings. The monoisotopic (exact) mass is 379 g/mol. The quantitative estimate of drug-likeness (QED) is 0.393. The van der Waals surface area contributed by atoms with Crippen molar-refractivity contribution in [1.29, 1.82) is 0 Å². The van der Waals surface area contributed by atoms with Crippen LogP contribution in [0.1, 0.15) is 62.2 Å². The minimum absolute atomic E-state index is 0.232. The molecule has 4 nitrogen and oxygen atoms in total. The third kappa shape index (κ3) is 5.65. The molecule has 0 bridgehead atoms. The molecule has 150 valence electrons. The SMILES string of the molecule is C=CCN(CC1CCCC1)C(C)CCCC(=O)c1ccc(-n2ccnc2)cc1. The van der Waals surface area contributed by atoms with Crippen LogP contribution >= 0.6 is 0 Å². The van der Waals surface area contributed by atoms with Crippen LogP contribution in [0.15, 0.2) is 55.6 Å². The van der Waals surface area contributed by atoms with Crippen LogP contribution in [0.4, 0.5) is 0 Å². The number of rotatable bonds is 11. The van der Waals surface area contributed by atoms with Crippen molar-refractivity contribution in [2.75, 3.05) is 13.1 Å². The number of imidazole rings is 1. The molecule has 4 heteroatoms. The van der Waals surface area contributed by atoms with Gasteiger partial charge in [-0.25, -0.2) is 4.98 Å². The summed E-state index contributed by atoms with van der Waals surface area (Å²) in [5.41, 5.74) is 1.82. The zero-order chi connectivity index (χ0) is 19.8. The molecule has 1 aliphatic rings. The van der Waals surface area contributed by atoms with Crippen LogP contribution in [0.3, 0.4) is 0 Å². The summed E-state index contributed by atoms with van der Waals surface area (Å²) < 4.78 is 1.94. The van der Waals surface area contributed by atoms with Crippen molar-refractivity contribution in [2.45, 2.75) is 57.9 Å². The molecule has 3 rings (SSSR count). The lowest BCUT2D eigenvalue weighted by Crippen LogP contribution is -2.36. The van der Waals surface area contributed by atoms with Crippen molar-refractivity contribution in [1.82, 2.24) is 14.5 Å². The van der Waals surface area contributed by atoms with Crippen LogP contribution in [0.25, 0.3) is 5.69 Å². The van der Waals surface area contributed by atoms with Crippen molar-refractivity contribution in [3.05, 3.63) is 61.2 Å². The first kappa shape index (κ1) is 20.5. The number of aromatic nitrogens is 2. The molecule has 1 aromatic carbocycles. The standard InChI is InChI=1S/C24H33N3O/c1-3-16-26(18-21-8-4-5-9-21)20(2)7-6-10-24(28)22-11-13-23(14-12-22)27-17-15-25-19-27/h3,11-15,17,19-21H,1,4-10,16,18H2,2H3. The van der Waals surface area contributed by atoms with Crippen LogP contribution in [0.2, 0.25) is 0 Å². The molecule has 0 amide bonds. The van der Waals surface area contributed by atoms with Crippen LogP contribution in [0.5, 0.6) is 0 Å². The fourth-order valence-corrected chi connectivity index (χ4v) is 4.24. The summed E-state index contributed by atoms with van der Waals surface area (Å²) >= 11 is 0. The molecule has 1 atom stereocenters. The Labute approximate surface area is 169 Å². The van der Waals surface area contributed by atoms with Crippen LogP contribution in [0, 0.1) is 5.92 Å². The van der Waals surface area contributed by atoms with Gasteiger partial charge in [0.25, 0.3) is 0 Å². The molecule has 0 N–H and O–H groups in total.